The highest BCUT2D eigenvalue weighted by molar-refractivity contribution is 6.52. The summed E-state index contributed by atoms with van der Waals surface area (Å²) >= 11 is 0. The van der Waals surface area contributed by atoms with E-state index in [1.807, 2.05) is 19.1 Å². The van der Waals surface area contributed by atoms with Crippen molar-refractivity contribution in [2.75, 3.05) is 11.4 Å². The number of rotatable bonds is 2. The van der Waals surface area contributed by atoms with E-state index in [-0.39, 0.29) is 6.54 Å². The van der Waals surface area contributed by atoms with Crippen LogP contribution in [0.25, 0.3) is 0 Å². The number of nitrogens with zero attached hydrogens (tertiary/aromatic N) is 1. The summed E-state index contributed by atoms with van der Waals surface area (Å²) in [5.74, 6) is 4.64. The van der Waals surface area contributed by atoms with Gasteiger partial charge in [-0.25, -0.2) is 0 Å². The number of ketones is 1. The average molecular weight is 227 g/mol. The monoisotopic (exact) mass is 227 g/mol. The number of anilines is 1. The molecule has 0 spiro atoms. The van der Waals surface area contributed by atoms with Crippen LogP contribution in [0.15, 0.2) is 18.2 Å². The molecule has 0 bridgehead atoms. The lowest BCUT2D eigenvalue weighted by atomic mass is 10.1. The van der Waals surface area contributed by atoms with Gasteiger partial charge in [0, 0.05) is 0 Å². The third-order valence-corrected chi connectivity index (χ3v) is 2.86. The minimum absolute atomic E-state index is 0.277. The number of aryl methyl sites for hydroxylation is 1. The molecule has 0 N–H and O–H groups in total. The zero-order valence-electron chi connectivity index (χ0n) is 9.91. The third kappa shape index (κ3) is 1.83. The van der Waals surface area contributed by atoms with Crippen LogP contribution in [0.1, 0.15) is 29.8 Å². The SMILES string of the molecule is CC#CCN1C(=O)C(=O)c2cc(CC)ccc21. The lowest BCUT2D eigenvalue weighted by molar-refractivity contribution is -0.114. The van der Waals surface area contributed by atoms with Gasteiger partial charge in [-0.05, 0) is 31.0 Å². The molecule has 2 rings (SSSR count). The molecule has 0 atom stereocenters. The van der Waals surface area contributed by atoms with Crippen molar-refractivity contribution in [3.63, 3.8) is 0 Å². The maximum atomic E-state index is 11.8. The lowest BCUT2D eigenvalue weighted by Crippen LogP contribution is -2.29. The number of benzene rings is 1. The first-order chi connectivity index (χ1) is 8.19. The molecule has 0 radical (unpaired) electrons. The summed E-state index contributed by atoms with van der Waals surface area (Å²) in [6.45, 7) is 4.01. The highest BCUT2D eigenvalue weighted by Gasteiger charge is 2.35. The molecular weight excluding hydrogens is 214 g/mol. The number of Topliss-reactive ketones (excluding diaryl/α,β-unsaturated/α-hetero) is 1. The summed E-state index contributed by atoms with van der Waals surface area (Å²) in [5.41, 5.74) is 2.25. The van der Waals surface area contributed by atoms with Crippen molar-refractivity contribution in [1.82, 2.24) is 0 Å². The van der Waals surface area contributed by atoms with Gasteiger partial charge in [-0.2, -0.15) is 0 Å². The van der Waals surface area contributed by atoms with Crippen molar-refractivity contribution in [3.05, 3.63) is 29.3 Å². The number of fused-ring (bicyclic) bond motifs is 1. The molecule has 1 heterocycles. The lowest BCUT2D eigenvalue weighted by Gasteiger charge is -2.12. The van der Waals surface area contributed by atoms with Crippen LogP contribution in [0.4, 0.5) is 5.69 Å². The summed E-state index contributed by atoms with van der Waals surface area (Å²) in [5, 5.41) is 0. The van der Waals surface area contributed by atoms with E-state index in [0.717, 1.165) is 12.0 Å². The molecule has 3 heteroatoms. The Morgan fingerprint density at radius 3 is 2.71 bits per heavy atom. The first-order valence-corrected chi connectivity index (χ1v) is 5.57. The van der Waals surface area contributed by atoms with Crippen LogP contribution in [0.2, 0.25) is 0 Å². The molecule has 0 aliphatic carbocycles. The van der Waals surface area contributed by atoms with Crippen LogP contribution < -0.4 is 4.90 Å². The normalized spacial score (nSPS) is 13.4. The number of carbonyl (C=O) groups is 2. The molecule has 0 saturated heterocycles. The van der Waals surface area contributed by atoms with Gasteiger partial charge in [-0.3, -0.25) is 14.5 Å². The van der Waals surface area contributed by atoms with Gasteiger partial charge in [-0.1, -0.05) is 18.9 Å². The minimum atomic E-state index is -0.476. The zero-order chi connectivity index (χ0) is 12.4. The Hall–Kier alpha value is -2.08. The maximum Gasteiger partial charge on any atom is 0.300 e. The van der Waals surface area contributed by atoms with Crippen LogP contribution in [-0.2, 0) is 11.2 Å². The van der Waals surface area contributed by atoms with Crippen LogP contribution in [0.5, 0.6) is 0 Å². The van der Waals surface area contributed by atoms with E-state index >= 15 is 0 Å². The molecule has 1 aromatic rings. The van der Waals surface area contributed by atoms with Crippen LogP contribution in [0, 0.1) is 11.8 Å². The highest BCUT2D eigenvalue weighted by atomic mass is 16.2. The van der Waals surface area contributed by atoms with Gasteiger partial charge >= 0.3 is 0 Å². The predicted molar refractivity (Wildman–Crippen MR) is 66.0 cm³/mol. The van der Waals surface area contributed by atoms with E-state index in [4.69, 9.17) is 0 Å². The number of hydrogen-bond donors (Lipinski definition) is 0. The smallest absolute Gasteiger partial charge is 0.293 e. The zero-order valence-corrected chi connectivity index (χ0v) is 9.91. The Morgan fingerprint density at radius 1 is 1.29 bits per heavy atom. The third-order valence-electron chi connectivity index (χ3n) is 2.86. The molecule has 0 aromatic heterocycles. The fourth-order valence-corrected chi connectivity index (χ4v) is 1.88. The second-order valence-electron chi connectivity index (χ2n) is 3.85. The standard InChI is InChI=1S/C14H13NO2/c1-3-5-8-15-12-7-6-10(4-2)9-11(12)13(16)14(15)17/h6-7,9H,4,8H2,1-2H3. The molecule has 0 unspecified atom stereocenters. The minimum Gasteiger partial charge on any atom is -0.293 e. The summed E-state index contributed by atoms with van der Waals surface area (Å²) in [6.07, 6.45) is 0.851. The highest BCUT2D eigenvalue weighted by Crippen LogP contribution is 2.29. The predicted octanol–water partition coefficient (Wildman–Crippen LogP) is 1.80. The van der Waals surface area contributed by atoms with Gasteiger partial charge in [0.25, 0.3) is 11.7 Å². The topological polar surface area (TPSA) is 37.4 Å². The fraction of sp³-hybridized carbons (Fsp3) is 0.286. The maximum absolute atomic E-state index is 11.8. The molecular formula is C14H13NO2. The quantitative estimate of drug-likeness (QED) is 0.570. The molecule has 0 saturated carbocycles. The van der Waals surface area contributed by atoms with E-state index in [9.17, 15) is 9.59 Å². The first kappa shape index (κ1) is 11.4. The van der Waals surface area contributed by atoms with E-state index in [1.165, 1.54) is 4.90 Å². The second kappa shape index (κ2) is 4.42. The number of hydrogen-bond acceptors (Lipinski definition) is 2. The average Bonchev–Trinajstić information content (AvgIpc) is 2.60. The van der Waals surface area contributed by atoms with E-state index in [0.29, 0.717) is 11.3 Å². The van der Waals surface area contributed by atoms with Gasteiger partial charge in [0.15, 0.2) is 0 Å². The van der Waals surface area contributed by atoms with E-state index in [1.54, 1.807) is 13.0 Å². The van der Waals surface area contributed by atoms with Crippen LogP contribution in [-0.4, -0.2) is 18.2 Å². The van der Waals surface area contributed by atoms with Crippen molar-refractivity contribution < 1.29 is 9.59 Å². The Kier molecular flexibility index (Phi) is 2.97. The number of carbonyl (C=O) groups excluding carboxylic acids is 2. The summed E-state index contributed by atoms with van der Waals surface area (Å²) in [7, 11) is 0. The van der Waals surface area contributed by atoms with E-state index in [2.05, 4.69) is 11.8 Å². The van der Waals surface area contributed by atoms with E-state index < -0.39 is 11.7 Å². The molecule has 3 nitrogen and oxygen atoms in total. The summed E-state index contributed by atoms with van der Waals surface area (Å²) < 4.78 is 0. The molecule has 1 aromatic carbocycles. The fourth-order valence-electron chi connectivity index (χ4n) is 1.88. The van der Waals surface area contributed by atoms with Crippen molar-refractivity contribution in [1.29, 1.82) is 0 Å². The number of amides is 1. The van der Waals surface area contributed by atoms with Gasteiger partial charge in [0.1, 0.15) is 0 Å². The van der Waals surface area contributed by atoms with Crippen molar-refractivity contribution in [2.24, 2.45) is 0 Å². The summed E-state index contributed by atoms with van der Waals surface area (Å²) in [6, 6.07) is 5.57. The molecule has 1 amide bonds. The Balaban J connectivity index is 2.46. The van der Waals surface area contributed by atoms with Crippen molar-refractivity contribution >= 4 is 17.4 Å². The Labute approximate surface area is 100 Å². The van der Waals surface area contributed by atoms with Crippen molar-refractivity contribution in [3.8, 4) is 11.8 Å². The second-order valence-corrected chi connectivity index (χ2v) is 3.85. The van der Waals surface area contributed by atoms with Gasteiger partial charge < -0.3 is 0 Å². The molecule has 0 fully saturated rings. The molecule has 86 valence electrons. The van der Waals surface area contributed by atoms with Gasteiger partial charge in [0.05, 0.1) is 17.8 Å². The Bertz CT molecular complexity index is 549. The first-order valence-electron chi connectivity index (χ1n) is 5.57. The van der Waals surface area contributed by atoms with Crippen LogP contribution >= 0.6 is 0 Å². The largest absolute Gasteiger partial charge is 0.300 e. The Morgan fingerprint density at radius 2 is 2.06 bits per heavy atom. The molecule has 1 aliphatic rings. The summed E-state index contributed by atoms with van der Waals surface area (Å²) in [4.78, 5) is 25.0. The van der Waals surface area contributed by atoms with Crippen molar-refractivity contribution in [2.45, 2.75) is 20.3 Å². The van der Waals surface area contributed by atoms with Crippen LogP contribution in [0.3, 0.4) is 0 Å². The van der Waals surface area contributed by atoms with Gasteiger partial charge in [0.2, 0.25) is 0 Å². The molecule has 1 aliphatic heterocycles. The molecule has 17 heavy (non-hydrogen) atoms. The van der Waals surface area contributed by atoms with Gasteiger partial charge in [-0.15, -0.1) is 5.92 Å².